The van der Waals surface area contributed by atoms with E-state index in [0.29, 0.717) is 11.3 Å². The quantitative estimate of drug-likeness (QED) is 0.886. The molecule has 112 valence electrons. The number of carbonyl (C=O) groups excluding carboxylic acids is 1. The molecule has 1 heterocycles. The van der Waals surface area contributed by atoms with E-state index in [2.05, 4.69) is 5.10 Å². The Balaban J connectivity index is 2.10. The van der Waals surface area contributed by atoms with Crippen LogP contribution >= 0.6 is 0 Å². The van der Waals surface area contributed by atoms with Gasteiger partial charge in [-0.3, -0.25) is 4.79 Å². The molecule has 0 fully saturated rings. The maximum Gasteiger partial charge on any atom is 0.471 e. The number of hydrogen-bond donors (Lipinski definition) is 1. The molecule has 1 aromatic heterocycles. The molecule has 0 aliphatic carbocycles. The third kappa shape index (κ3) is 3.59. The predicted molar refractivity (Wildman–Crippen MR) is 66.1 cm³/mol. The average molecular weight is 301 g/mol. The van der Waals surface area contributed by atoms with Gasteiger partial charge >= 0.3 is 12.1 Å². The second-order valence-electron chi connectivity index (χ2n) is 4.39. The molecular weight excluding hydrogens is 290 g/mol. The normalized spacial score (nSPS) is 13.0. The first-order valence-electron chi connectivity index (χ1n) is 5.95. The number of carbonyl (C=O) groups is 1. The Morgan fingerprint density at radius 2 is 1.90 bits per heavy atom. The van der Waals surface area contributed by atoms with E-state index in [0.717, 1.165) is 6.20 Å². The zero-order valence-electron chi connectivity index (χ0n) is 10.9. The van der Waals surface area contributed by atoms with Crippen molar-refractivity contribution in [2.45, 2.75) is 19.1 Å². The third-order valence-electron chi connectivity index (χ3n) is 2.81. The average Bonchev–Trinajstić information content (AvgIpc) is 2.84. The lowest BCUT2D eigenvalue weighted by Gasteiger charge is -2.16. The predicted octanol–water partition coefficient (Wildman–Crippen LogP) is 2.75. The number of hydrogen-bond acceptors (Lipinski definition) is 2. The highest BCUT2D eigenvalue weighted by Crippen LogP contribution is 2.19. The summed E-state index contributed by atoms with van der Waals surface area (Å²) in [5, 5.41) is 5.62. The monoisotopic (exact) mass is 301 g/mol. The Kier molecular flexibility index (Phi) is 3.97. The van der Waals surface area contributed by atoms with Crippen molar-refractivity contribution >= 4 is 5.91 Å². The molecule has 0 aliphatic heterocycles. The van der Waals surface area contributed by atoms with Crippen LogP contribution in [0.2, 0.25) is 0 Å². The first-order chi connectivity index (χ1) is 9.77. The molecule has 8 heteroatoms. The zero-order valence-corrected chi connectivity index (χ0v) is 10.9. The summed E-state index contributed by atoms with van der Waals surface area (Å²) in [6.07, 6.45) is -2.70. The standard InChI is InChI=1S/C13H11F4N3O/c1-8(19-12(21)13(15,16)17)9-2-4-11(5-3-9)20-7-10(14)6-18-20/h2-8H,1H3,(H,19,21)/t8-/m1/s1. The molecule has 0 saturated carbocycles. The third-order valence-corrected chi connectivity index (χ3v) is 2.81. The highest BCUT2D eigenvalue weighted by Gasteiger charge is 2.39. The minimum atomic E-state index is -4.92. The minimum Gasteiger partial charge on any atom is -0.342 e. The van der Waals surface area contributed by atoms with Crippen LogP contribution in [0, 0.1) is 5.82 Å². The summed E-state index contributed by atoms with van der Waals surface area (Å²) in [6, 6.07) is 5.41. The van der Waals surface area contributed by atoms with Gasteiger partial charge in [0.15, 0.2) is 5.82 Å². The number of rotatable bonds is 3. The van der Waals surface area contributed by atoms with Gasteiger partial charge in [0.1, 0.15) is 0 Å². The van der Waals surface area contributed by atoms with Gasteiger partial charge in [-0.1, -0.05) is 12.1 Å². The number of alkyl halides is 3. The van der Waals surface area contributed by atoms with Crippen LogP contribution in [0.25, 0.3) is 5.69 Å². The number of nitrogens with zero attached hydrogens (tertiary/aromatic N) is 2. The van der Waals surface area contributed by atoms with Gasteiger partial charge in [-0.25, -0.2) is 9.07 Å². The Morgan fingerprint density at radius 1 is 1.29 bits per heavy atom. The fourth-order valence-corrected chi connectivity index (χ4v) is 1.72. The van der Waals surface area contributed by atoms with Crippen molar-refractivity contribution in [1.29, 1.82) is 0 Å². The van der Waals surface area contributed by atoms with Gasteiger partial charge in [-0.2, -0.15) is 18.3 Å². The van der Waals surface area contributed by atoms with E-state index in [-0.39, 0.29) is 0 Å². The molecule has 0 saturated heterocycles. The Hall–Kier alpha value is -2.38. The first-order valence-corrected chi connectivity index (χ1v) is 5.95. The summed E-state index contributed by atoms with van der Waals surface area (Å²) in [5.41, 5.74) is 1.04. The van der Waals surface area contributed by atoms with Gasteiger partial charge in [0.05, 0.1) is 24.1 Å². The summed E-state index contributed by atoms with van der Waals surface area (Å²) < 4.78 is 50.6. The molecule has 0 unspecified atom stereocenters. The van der Waals surface area contributed by atoms with E-state index in [1.54, 1.807) is 12.1 Å². The highest BCUT2D eigenvalue weighted by atomic mass is 19.4. The molecule has 0 aliphatic rings. The Bertz CT molecular complexity index is 634. The summed E-state index contributed by atoms with van der Waals surface area (Å²) >= 11 is 0. The molecule has 0 spiro atoms. The van der Waals surface area contributed by atoms with Crippen molar-refractivity contribution < 1.29 is 22.4 Å². The summed E-state index contributed by atoms with van der Waals surface area (Å²) in [4.78, 5) is 10.8. The minimum absolute atomic E-state index is 0.490. The summed E-state index contributed by atoms with van der Waals surface area (Å²) in [6.45, 7) is 1.44. The van der Waals surface area contributed by atoms with E-state index in [9.17, 15) is 22.4 Å². The van der Waals surface area contributed by atoms with Crippen LogP contribution in [0.1, 0.15) is 18.5 Å². The van der Waals surface area contributed by atoms with Crippen molar-refractivity contribution in [3.63, 3.8) is 0 Å². The van der Waals surface area contributed by atoms with E-state index in [1.165, 1.54) is 29.9 Å². The molecule has 0 radical (unpaired) electrons. The van der Waals surface area contributed by atoms with Gasteiger partial charge in [0, 0.05) is 0 Å². The zero-order chi connectivity index (χ0) is 15.6. The molecule has 2 rings (SSSR count). The van der Waals surface area contributed by atoms with Crippen LogP contribution < -0.4 is 5.32 Å². The molecule has 1 aromatic carbocycles. The van der Waals surface area contributed by atoms with Crippen LogP contribution in [-0.2, 0) is 4.79 Å². The molecule has 0 bridgehead atoms. The highest BCUT2D eigenvalue weighted by molar-refractivity contribution is 5.82. The van der Waals surface area contributed by atoms with E-state index < -0.39 is 23.9 Å². The maximum absolute atomic E-state index is 12.8. The van der Waals surface area contributed by atoms with Crippen molar-refractivity contribution in [2.24, 2.45) is 0 Å². The summed E-state index contributed by atoms with van der Waals surface area (Å²) in [5.74, 6) is -2.49. The Morgan fingerprint density at radius 3 is 2.38 bits per heavy atom. The smallest absolute Gasteiger partial charge is 0.342 e. The van der Waals surface area contributed by atoms with Crippen molar-refractivity contribution in [3.8, 4) is 5.69 Å². The van der Waals surface area contributed by atoms with Crippen LogP contribution in [-0.4, -0.2) is 21.9 Å². The molecule has 4 nitrogen and oxygen atoms in total. The van der Waals surface area contributed by atoms with E-state index >= 15 is 0 Å². The van der Waals surface area contributed by atoms with Gasteiger partial charge in [0.2, 0.25) is 0 Å². The number of amides is 1. The van der Waals surface area contributed by atoms with Crippen LogP contribution in [0.15, 0.2) is 36.7 Å². The number of halogens is 4. The molecule has 1 amide bonds. The van der Waals surface area contributed by atoms with Crippen molar-refractivity contribution in [2.75, 3.05) is 0 Å². The summed E-state index contributed by atoms with van der Waals surface area (Å²) in [7, 11) is 0. The lowest BCUT2D eigenvalue weighted by atomic mass is 10.1. The largest absolute Gasteiger partial charge is 0.471 e. The van der Waals surface area contributed by atoms with E-state index in [1.807, 2.05) is 5.32 Å². The van der Waals surface area contributed by atoms with Gasteiger partial charge in [-0.15, -0.1) is 0 Å². The molecule has 1 N–H and O–H groups in total. The fourth-order valence-electron chi connectivity index (χ4n) is 1.72. The Labute approximate surface area is 117 Å². The second-order valence-corrected chi connectivity index (χ2v) is 4.39. The van der Waals surface area contributed by atoms with Crippen LogP contribution in [0.3, 0.4) is 0 Å². The number of nitrogens with one attached hydrogen (secondary N) is 1. The van der Waals surface area contributed by atoms with E-state index in [4.69, 9.17) is 0 Å². The fraction of sp³-hybridized carbons (Fsp3) is 0.231. The lowest BCUT2D eigenvalue weighted by molar-refractivity contribution is -0.174. The van der Waals surface area contributed by atoms with Crippen LogP contribution in [0.4, 0.5) is 17.6 Å². The van der Waals surface area contributed by atoms with Crippen LogP contribution in [0.5, 0.6) is 0 Å². The first kappa shape index (κ1) is 15.0. The van der Waals surface area contributed by atoms with Crippen molar-refractivity contribution in [1.82, 2.24) is 15.1 Å². The molecule has 21 heavy (non-hydrogen) atoms. The van der Waals surface area contributed by atoms with Crippen molar-refractivity contribution in [3.05, 3.63) is 48.0 Å². The van der Waals surface area contributed by atoms with Gasteiger partial charge < -0.3 is 5.32 Å². The molecular formula is C13H11F4N3O. The number of aromatic nitrogens is 2. The number of benzene rings is 1. The molecule has 1 atom stereocenters. The topological polar surface area (TPSA) is 46.9 Å². The lowest BCUT2D eigenvalue weighted by Crippen LogP contribution is -2.38. The van der Waals surface area contributed by atoms with Gasteiger partial charge in [0.25, 0.3) is 0 Å². The maximum atomic E-state index is 12.8. The van der Waals surface area contributed by atoms with Gasteiger partial charge in [-0.05, 0) is 24.6 Å². The second kappa shape index (κ2) is 5.55. The SMILES string of the molecule is C[C@@H](NC(=O)C(F)(F)F)c1ccc(-n2cc(F)cn2)cc1. The molecule has 2 aromatic rings.